The van der Waals surface area contributed by atoms with E-state index in [0.29, 0.717) is 23.7 Å². The van der Waals surface area contributed by atoms with Crippen LogP contribution in [0.25, 0.3) is 0 Å². The van der Waals surface area contributed by atoms with E-state index in [1.807, 2.05) is 12.1 Å². The smallest absolute Gasteiger partial charge is 0.269 e. The second-order valence-electron chi connectivity index (χ2n) is 4.60. The maximum Gasteiger partial charge on any atom is 0.269 e. The Kier molecular flexibility index (Phi) is 5.25. The Bertz CT molecular complexity index is 647. The quantitative estimate of drug-likeness (QED) is 0.655. The number of nitro groups is 1. The SMILES string of the molecule is CCc1cccnc1CNCc1cc([N+](=O)[O-])ccc1Cl. The summed E-state index contributed by atoms with van der Waals surface area (Å²) in [6.45, 7) is 3.14. The Hall–Kier alpha value is -1.98. The van der Waals surface area contributed by atoms with Crippen molar-refractivity contribution in [1.82, 2.24) is 10.3 Å². The highest BCUT2D eigenvalue weighted by atomic mass is 35.5. The first-order valence-corrected chi connectivity index (χ1v) is 7.06. The van der Waals surface area contributed by atoms with Crippen LogP contribution in [0.2, 0.25) is 5.02 Å². The molecule has 1 aromatic carbocycles. The molecule has 0 saturated carbocycles. The summed E-state index contributed by atoms with van der Waals surface area (Å²) in [5.74, 6) is 0. The zero-order valence-corrected chi connectivity index (χ0v) is 12.4. The predicted molar refractivity (Wildman–Crippen MR) is 82.3 cm³/mol. The van der Waals surface area contributed by atoms with Crippen molar-refractivity contribution >= 4 is 17.3 Å². The molecular formula is C15H16ClN3O2. The van der Waals surface area contributed by atoms with Crippen molar-refractivity contribution in [2.75, 3.05) is 0 Å². The van der Waals surface area contributed by atoms with Gasteiger partial charge in [-0.1, -0.05) is 24.6 Å². The van der Waals surface area contributed by atoms with Crippen LogP contribution in [-0.2, 0) is 19.5 Å². The summed E-state index contributed by atoms with van der Waals surface area (Å²) >= 11 is 6.06. The van der Waals surface area contributed by atoms with Gasteiger partial charge < -0.3 is 5.32 Å². The van der Waals surface area contributed by atoms with Gasteiger partial charge in [-0.2, -0.15) is 0 Å². The number of aromatic nitrogens is 1. The number of hydrogen-bond donors (Lipinski definition) is 1. The van der Waals surface area contributed by atoms with Crippen molar-refractivity contribution in [2.24, 2.45) is 0 Å². The van der Waals surface area contributed by atoms with E-state index in [1.54, 1.807) is 12.3 Å². The topological polar surface area (TPSA) is 68.1 Å². The summed E-state index contributed by atoms with van der Waals surface area (Å²) < 4.78 is 0. The molecule has 1 N–H and O–H groups in total. The van der Waals surface area contributed by atoms with E-state index in [2.05, 4.69) is 17.2 Å². The zero-order valence-electron chi connectivity index (χ0n) is 11.7. The molecule has 1 heterocycles. The minimum absolute atomic E-state index is 0.0447. The van der Waals surface area contributed by atoms with E-state index in [9.17, 15) is 10.1 Å². The molecule has 0 saturated heterocycles. The zero-order chi connectivity index (χ0) is 15.2. The average molecular weight is 306 g/mol. The molecule has 0 fully saturated rings. The molecule has 0 atom stereocenters. The van der Waals surface area contributed by atoms with Crippen molar-refractivity contribution in [1.29, 1.82) is 0 Å². The van der Waals surface area contributed by atoms with Crippen LogP contribution in [0.15, 0.2) is 36.5 Å². The third-order valence-corrected chi connectivity index (χ3v) is 3.58. The highest BCUT2D eigenvalue weighted by molar-refractivity contribution is 6.31. The molecule has 6 heteroatoms. The van der Waals surface area contributed by atoms with Gasteiger partial charge in [0.1, 0.15) is 0 Å². The number of rotatable bonds is 6. The van der Waals surface area contributed by atoms with E-state index in [4.69, 9.17) is 11.6 Å². The van der Waals surface area contributed by atoms with Crippen molar-refractivity contribution in [2.45, 2.75) is 26.4 Å². The fourth-order valence-electron chi connectivity index (χ4n) is 2.08. The van der Waals surface area contributed by atoms with Crippen LogP contribution in [0.3, 0.4) is 0 Å². The standard InChI is InChI=1S/C15H16ClN3O2/c1-2-11-4-3-7-18-15(11)10-17-9-12-8-13(19(20)21)5-6-14(12)16/h3-8,17H,2,9-10H2,1H3. The highest BCUT2D eigenvalue weighted by Crippen LogP contribution is 2.22. The first-order chi connectivity index (χ1) is 10.1. The Morgan fingerprint density at radius 3 is 2.81 bits per heavy atom. The number of hydrogen-bond acceptors (Lipinski definition) is 4. The van der Waals surface area contributed by atoms with Crippen LogP contribution < -0.4 is 5.32 Å². The minimum Gasteiger partial charge on any atom is -0.307 e. The Morgan fingerprint density at radius 2 is 2.10 bits per heavy atom. The van der Waals surface area contributed by atoms with Crippen molar-refractivity contribution in [3.8, 4) is 0 Å². The van der Waals surface area contributed by atoms with Gasteiger partial charge in [0.2, 0.25) is 0 Å². The number of non-ortho nitro benzene ring substituents is 1. The molecule has 0 radical (unpaired) electrons. The molecule has 0 aliphatic carbocycles. The summed E-state index contributed by atoms with van der Waals surface area (Å²) in [5, 5.41) is 14.5. The van der Waals surface area contributed by atoms with Crippen LogP contribution in [0, 0.1) is 10.1 Å². The Labute approximate surface area is 128 Å². The van der Waals surface area contributed by atoms with Crippen LogP contribution in [0.4, 0.5) is 5.69 Å². The third-order valence-electron chi connectivity index (χ3n) is 3.21. The lowest BCUT2D eigenvalue weighted by atomic mass is 10.1. The lowest BCUT2D eigenvalue weighted by molar-refractivity contribution is -0.384. The second kappa shape index (κ2) is 7.15. The number of aryl methyl sites for hydroxylation is 1. The lowest BCUT2D eigenvalue weighted by Crippen LogP contribution is -2.15. The van der Waals surface area contributed by atoms with Gasteiger partial charge in [-0.3, -0.25) is 15.1 Å². The van der Waals surface area contributed by atoms with Gasteiger partial charge in [0.05, 0.1) is 10.6 Å². The Morgan fingerprint density at radius 1 is 1.29 bits per heavy atom. The second-order valence-corrected chi connectivity index (χ2v) is 5.01. The number of benzene rings is 1. The molecule has 5 nitrogen and oxygen atoms in total. The van der Waals surface area contributed by atoms with Crippen molar-refractivity contribution in [3.05, 3.63) is 68.5 Å². The van der Waals surface area contributed by atoms with E-state index >= 15 is 0 Å². The highest BCUT2D eigenvalue weighted by Gasteiger charge is 2.09. The molecule has 1 aromatic heterocycles. The summed E-state index contributed by atoms with van der Waals surface area (Å²) in [5.41, 5.74) is 2.93. The molecule has 0 spiro atoms. The molecule has 21 heavy (non-hydrogen) atoms. The fraction of sp³-hybridized carbons (Fsp3) is 0.267. The number of halogens is 1. The number of nitrogens with one attached hydrogen (secondary N) is 1. The van der Waals surface area contributed by atoms with Crippen LogP contribution in [-0.4, -0.2) is 9.91 Å². The Balaban J connectivity index is 2.03. The van der Waals surface area contributed by atoms with E-state index < -0.39 is 4.92 Å². The monoisotopic (exact) mass is 305 g/mol. The van der Waals surface area contributed by atoms with Crippen molar-refractivity contribution < 1.29 is 4.92 Å². The molecule has 0 amide bonds. The summed E-state index contributed by atoms with van der Waals surface area (Å²) in [7, 11) is 0. The third kappa shape index (κ3) is 4.00. The number of nitrogens with zero attached hydrogens (tertiary/aromatic N) is 2. The molecule has 0 aliphatic rings. The first-order valence-electron chi connectivity index (χ1n) is 6.68. The molecule has 2 rings (SSSR count). The van der Waals surface area contributed by atoms with Gasteiger partial charge in [0.15, 0.2) is 0 Å². The number of nitro benzene ring substituents is 1. The maximum absolute atomic E-state index is 10.8. The lowest BCUT2D eigenvalue weighted by Gasteiger charge is -2.09. The molecule has 0 bridgehead atoms. The summed E-state index contributed by atoms with van der Waals surface area (Å²) in [6, 6.07) is 8.41. The predicted octanol–water partition coefficient (Wildman–Crippen LogP) is 3.50. The maximum atomic E-state index is 10.8. The number of pyridine rings is 1. The molecule has 2 aromatic rings. The van der Waals surface area contributed by atoms with Gasteiger partial charge in [0.25, 0.3) is 5.69 Å². The van der Waals surface area contributed by atoms with Gasteiger partial charge in [-0.05, 0) is 29.7 Å². The normalized spacial score (nSPS) is 10.6. The molecule has 110 valence electrons. The van der Waals surface area contributed by atoms with E-state index in [-0.39, 0.29) is 5.69 Å². The summed E-state index contributed by atoms with van der Waals surface area (Å²) in [4.78, 5) is 14.7. The largest absolute Gasteiger partial charge is 0.307 e. The van der Waals surface area contributed by atoms with Crippen molar-refractivity contribution in [3.63, 3.8) is 0 Å². The van der Waals surface area contributed by atoms with Crippen LogP contribution in [0.1, 0.15) is 23.7 Å². The minimum atomic E-state index is -0.423. The fourth-order valence-corrected chi connectivity index (χ4v) is 2.26. The molecule has 0 unspecified atom stereocenters. The van der Waals surface area contributed by atoms with E-state index in [0.717, 1.165) is 12.1 Å². The molecule has 0 aliphatic heterocycles. The summed E-state index contributed by atoms with van der Waals surface area (Å²) in [6.07, 6.45) is 2.68. The van der Waals surface area contributed by atoms with Gasteiger partial charge in [-0.25, -0.2) is 0 Å². The van der Waals surface area contributed by atoms with Crippen LogP contribution in [0.5, 0.6) is 0 Å². The molecular weight excluding hydrogens is 290 g/mol. The average Bonchev–Trinajstić information content (AvgIpc) is 2.49. The van der Waals surface area contributed by atoms with Gasteiger partial charge in [-0.15, -0.1) is 0 Å². The first kappa shape index (κ1) is 15.4. The van der Waals surface area contributed by atoms with Crippen LogP contribution >= 0.6 is 11.6 Å². The van der Waals surface area contributed by atoms with E-state index in [1.165, 1.54) is 17.7 Å². The van der Waals surface area contributed by atoms with Gasteiger partial charge >= 0.3 is 0 Å². The van der Waals surface area contributed by atoms with Gasteiger partial charge in [0, 0.05) is 36.4 Å².